The molecule has 0 saturated carbocycles. The van der Waals surface area contributed by atoms with E-state index in [1.807, 2.05) is 31.8 Å². The van der Waals surface area contributed by atoms with E-state index in [1.54, 1.807) is 0 Å². The fourth-order valence-corrected chi connectivity index (χ4v) is 2.42. The highest BCUT2D eigenvalue weighted by Crippen LogP contribution is 2.23. The zero-order valence-electron chi connectivity index (χ0n) is 10.5. The van der Waals surface area contributed by atoms with Crippen LogP contribution >= 0.6 is 0 Å². The lowest BCUT2D eigenvalue weighted by Gasteiger charge is -2.30. The van der Waals surface area contributed by atoms with Gasteiger partial charge in [-0.3, -0.25) is 4.98 Å². The van der Waals surface area contributed by atoms with E-state index in [1.165, 1.54) is 11.3 Å². The fraction of sp³-hybridized carbons (Fsp3) is 0.385. The summed E-state index contributed by atoms with van der Waals surface area (Å²) in [5, 5.41) is 3.20. The highest BCUT2D eigenvalue weighted by Gasteiger charge is 2.18. The fourth-order valence-electron chi connectivity index (χ4n) is 2.42. The molecule has 94 valence electrons. The van der Waals surface area contributed by atoms with Crippen LogP contribution in [-0.2, 0) is 19.6 Å². The van der Waals surface area contributed by atoms with Gasteiger partial charge in [-0.25, -0.2) is 4.98 Å². The van der Waals surface area contributed by atoms with Crippen molar-refractivity contribution >= 4 is 5.69 Å². The van der Waals surface area contributed by atoms with Crippen LogP contribution in [0.4, 0.5) is 5.69 Å². The van der Waals surface area contributed by atoms with Gasteiger partial charge in [0, 0.05) is 38.2 Å². The lowest BCUT2D eigenvalue weighted by atomic mass is 10.2. The van der Waals surface area contributed by atoms with Crippen LogP contribution in [0.25, 0.3) is 0 Å². The number of imidazole rings is 1. The highest BCUT2D eigenvalue weighted by molar-refractivity contribution is 5.52. The highest BCUT2D eigenvalue weighted by atomic mass is 15.2. The number of hydrogen-bond donors (Lipinski definition) is 1. The second kappa shape index (κ2) is 4.78. The quantitative estimate of drug-likeness (QED) is 0.874. The zero-order valence-corrected chi connectivity index (χ0v) is 10.5. The first-order valence-corrected chi connectivity index (χ1v) is 6.21. The Bertz CT molecular complexity index is 534. The number of anilines is 1. The van der Waals surface area contributed by atoms with Crippen molar-refractivity contribution in [2.45, 2.75) is 19.6 Å². The van der Waals surface area contributed by atoms with Crippen LogP contribution in [0.15, 0.2) is 30.9 Å². The van der Waals surface area contributed by atoms with E-state index in [2.05, 4.69) is 30.8 Å². The minimum absolute atomic E-state index is 0.857. The number of fused-ring (bicyclic) bond motifs is 1. The molecule has 3 heterocycles. The monoisotopic (exact) mass is 243 g/mol. The summed E-state index contributed by atoms with van der Waals surface area (Å²) in [5.74, 6) is 1.13. The molecule has 0 spiro atoms. The minimum Gasteiger partial charge on any atom is -0.361 e. The van der Waals surface area contributed by atoms with Crippen molar-refractivity contribution in [2.75, 3.05) is 18.5 Å². The number of pyridine rings is 1. The zero-order chi connectivity index (χ0) is 12.4. The van der Waals surface area contributed by atoms with Gasteiger partial charge < -0.3 is 14.8 Å². The summed E-state index contributed by atoms with van der Waals surface area (Å²) in [6, 6.07) is 2.08. The lowest BCUT2D eigenvalue weighted by Crippen LogP contribution is -2.34. The van der Waals surface area contributed by atoms with Gasteiger partial charge >= 0.3 is 0 Å². The van der Waals surface area contributed by atoms with Crippen molar-refractivity contribution < 1.29 is 0 Å². The van der Waals surface area contributed by atoms with Gasteiger partial charge in [0.2, 0.25) is 0 Å². The van der Waals surface area contributed by atoms with Gasteiger partial charge in [0.05, 0.1) is 18.4 Å². The molecule has 5 heteroatoms. The SMILES string of the molecule is CNCc1ccncc1N1CCn2ccnc2C1. The molecule has 0 atom stereocenters. The summed E-state index contributed by atoms with van der Waals surface area (Å²) in [4.78, 5) is 11.0. The molecule has 2 aromatic heterocycles. The van der Waals surface area contributed by atoms with Crippen molar-refractivity contribution in [2.24, 2.45) is 0 Å². The van der Waals surface area contributed by atoms with Crippen LogP contribution < -0.4 is 10.2 Å². The van der Waals surface area contributed by atoms with Crippen molar-refractivity contribution in [1.82, 2.24) is 19.9 Å². The summed E-state index contributed by atoms with van der Waals surface area (Å²) in [6.45, 7) is 3.72. The summed E-state index contributed by atoms with van der Waals surface area (Å²) in [5.41, 5.74) is 2.49. The molecule has 1 aliphatic heterocycles. The number of rotatable bonds is 3. The molecule has 18 heavy (non-hydrogen) atoms. The molecular weight excluding hydrogens is 226 g/mol. The first kappa shape index (κ1) is 11.2. The van der Waals surface area contributed by atoms with Crippen molar-refractivity contribution in [3.8, 4) is 0 Å². The third kappa shape index (κ3) is 1.97. The third-order valence-electron chi connectivity index (χ3n) is 3.34. The second-order valence-electron chi connectivity index (χ2n) is 4.49. The molecule has 0 bridgehead atoms. The Morgan fingerprint density at radius 3 is 3.17 bits per heavy atom. The Balaban J connectivity index is 1.88. The van der Waals surface area contributed by atoms with E-state index in [-0.39, 0.29) is 0 Å². The number of nitrogens with one attached hydrogen (secondary N) is 1. The van der Waals surface area contributed by atoms with Crippen LogP contribution in [-0.4, -0.2) is 28.1 Å². The van der Waals surface area contributed by atoms with E-state index < -0.39 is 0 Å². The van der Waals surface area contributed by atoms with E-state index in [0.29, 0.717) is 0 Å². The standard InChI is InChI=1S/C13H17N5/c1-14-8-11-2-3-15-9-12(11)18-7-6-17-5-4-16-13(17)10-18/h2-5,9,14H,6-8,10H2,1H3. The first-order chi connectivity index (χ1) is 8.88. The van der Waals surface area contributed by atoms with Crippen LogP contribution in [0.5, 0.6) is 0 Å². The summed E-state index contributed by atoms with van der Waals surface area (Å²) in [6.07, 6.45) is 7.72. The minimum atomic E-state index is 0.857. The van der Waals surface area contributed by atoms with Gasteiger partial charge in [-0.05, 0) is 18.7 Å². The Kier molecular flexibility index (Phi) is 2.98. The van der Waals surface area contributed by atoms with Crippen LogP contribution in [0.2, 0.25) is 0 Å². The Hall–Kier alpha value is -1.88. The van der Waals surface area contributed by atoms with Gasteiger partial charge in [-0.2, -0.15) is 0 Å². The van der Waals surface area contributed by atoms with Crippen molar-refractivity contribution in [3.63, 3.8) is 0 Å². The molecule has 0 amide bonds. The van der Waals surface area contributed by atoms with E-state index in [0.717, 1.165) is 32.0 Å². The molecule has 2 aromatic rings. The first-order valence-electron chi connectivity index (χ1n) is 6.21. The van der Waals surface area contributed by atoms with Crippen LogP contribution in [0.1, 0.15) is 11.4 Å². The molecule has 1 N–H and O–H groups in total. The van der Waals surface area contributed by atoms with Crippen LogP contribution in [0.3, 0.4) is 0 Å². The van der Waals surface area contributed by atoms with Gasteiger partial charge in [-0.15, -0.1) is 0 Å². The maximum Gasteiger partial charge on any atom is 0.128 e. The molecule has 5 nitrogen and oxygen atoms in total. The van der Waals surface area contributed by atoms with Crippen molar-refractivity contribution in [1.29, 1.82) is 0 Å². The molecule has 0 aromatic carbocycles. The van der Waals surface area contributed by atoms with E-state index in [9.17, 15) is 0 Å². The smallest absolute Gasteiger partial charge is 0.128 e. The normalized spacial score (nSPS) is 14.6. The predicted molar refractivity (Wildman–Crippen MR) is 70.3 cm³/mol. The van der Waals surface area contributed by atoms with Gasteiger partial charge in [-0.1, -0.05) is 0 Å². The molecule has 0 fully saturated rings. The lowest BCUT2D eigenvalue weighted by molar-refractivity contribution is 0.557. The summed E-state index contributed by atoms with van der Waals surface area (Å²) < 4.78 is 2.21. The molecule has 0 radical (unpaired) electrons. The number of nitrogens with zero attached hydrogens (tertiary/aromatic N) is 4. The number of hydrogen-bond acceptors (Lipinski definition) is 4. The van der Waals surface area contributed by atoms with E-state index >= 15 is 0 Å². The Morgan fingerprint density at radius 2 is 2.28 bits per heavy atom. The molecule has 1 aliphatic rings. The molecule has 0 aliphatic carbocycles. The molecule has 0 unspecified atom stereocenters. The van der Waals surface area contributed by atoms with Gasteiger partial charge in [0.15, 0.2) is 0 Å². The van der Waals surface area contributed by atoms with Gasteiger partial charge in [0.1, 0.15) is 5.82 Å². The topological polar surface area (TPSA) is 46.0 Å². The number of aromatic nitrogens is 3. The maximum atomic E-state index is 4.39. The van der Waals surface area contributed by atoms with Gasteiger partial charge in [0.25, 0.3) is 0 Å². The largest absolute Gasteiger partial charge is 0.361 e. The summed E-state index contributed by atoms with van der Waals surface area (Å²) in [7, 11) is 1.97. The average Bonchev–Trinajstić information content (AvgIpc) is 2.87. The molecule has 3 rings (SSSR count). The van der Waals surface area contributed by atoms with Crippen molar-refractivity contribution in [3.05, 3.63) is 42.2 Å². The maximum absolute atomic E-state index is 4.39. The van der Waals surface area contributed by atoms with Crippen LogP contribution in [0, 0.1) is 0 Å². The summed E-state index contributed by atoms with van der Waals surface area (Å²) >= 11 is 0. The van der Waals surface area contributed by atoms with E-state index in [4.69, 9.17) is 0 Å². The second-order valence-corrected chi connectivity index (χ2v) is 4.49. The average molecular weight is 243 g/mol. The third-order valence-corrected chi connectivity index (χ3v) is 3.34. The Labute approximate surface area is 106 Å². The Morgan fingerprint density at radius 1 is 1.33 bits per heavy atom. The molecular formula is C13H17N5. The molecule has 0 saturated heterocycles. The predicted octanol–water partition coefficient (Wildman–Crippen LogP) is 1.02.